The Kier molecular flexibility index (Phi) is 3.25. The van der Waals surface area contributed by atoms with E-state index in [4.69, 9.17) is 16.3 Å². The van der Waals surface area contributed by atoms with Crippen molar-refractivity contribution in [2.24, 2.45) is 0 Å². The van der Waals surface area contributed by atoms with Crippen LogP contribution in [0.5, 0.6) is 5.75 Å². The molecule has 0 atom stereocenters. The monoisotopic (exact) mass is 217 g/mol. The fourth-order valence-corrected chi connectivity index (χ4v) is 1.43. The quantitative estimate of drug-likeness (QED) is 0.762. The van der Waals surface area contributed by atoms with Crippen LogP contribution in [0.2, 0.25) is 5.02 Å². The third-order valence-electron chi connectivity index (χ3n) is 2.04. The minimum Gasteiger partial charge on any atom is -0.489 e. The van der Waals surface area contributed by atoms with E-state index in [2.05, 4.69) is 6.07 Å². The molecule has 1 nitrogen and oxygen atoms in total. The lowest BCUT2D eigenvalue weighted by atomic mass is 10.2. The average Bonchev–Trinajstić information content (AvgIpc) is 2.29. The van der Waals surface area contributed by atoms with Crippen LogP contribution in [0.3, 0.4) is 0 Å². The van der Waals surface area contributed by atoms with Gasteiger partial charge in [0.25, 0.3) is 0 Å². The van der Waals surface area contributed by atoms with Gasteiger partial charge in [-0.15, -0.1) is 0 Å². The molecule has 15 heavy (non-hydrogen) atoms. The van der Waals surface area contributed by atoms with Crippen molar-refractivity contribution < 1.29 is 4.74 Å². The molecule has 75 valence electrons. The van der Waals surface area contributed by atoms with E-state index in [0.29, 0.717) is 6.61 Å². The summed E-state index contributed by atoms with van der Waals surface area (Å²) in [5.41, 5.74) is 0.993. The topological polar surface area (TPSA) is 9.23 Å². The standard InChI is InChI=1S/C13H10ClO/c14-13-9-5-4-6-11(13)10-15-12-7-2-1-3-8-12/h2-9H,10H2. The summed E-state index contributed by atoms with van der Waals surface area (Å²) in [6.45, 7) is 0.490. The number of benzene rings is 2. The van der Waals surface area contributed by atoms with Crippen LogP contribution in [0.4, 0.5) is 0 Å². The Bertz CT molecular complexity index is 426. The summed E-state index contributed by atoms with van der Waals surface area (Å²) in [6, 6.07) is 18.0. The van der Waals surface area contributed by atoms with Crippen molar-refractivity contribution in [2.75, 3.05) is 0 Å². The van der Waals surface area contributed by atoms with Gasteiger partial charge >= 0.3 is 0 Å². The van der Waals surface area contributed by atoms with Crippen LogP contribution in [-0.4, -0.2) is 0 Å². The minimum atomic E-state index is 0.490. The van der Waals surface area contributed by atoms with Gasteiger partial charge in [0.1, 0.15) is 12.4 Å². The molecule has 0 N–H and O–H groups in total. The Balaban J connectivity index is 2.03. The Morgan fingerprint density at radius 1 is 1.07 bits per heavy atom. The van der Waals surface area contributed by atoms with Crippen LogP contribution in [0.15, 0.2) is 48.5 Å². The van der Waals surface area contributed by atoms with E-state index in [1.807, 2.05) is 48.5 Å². The van der Waals surface area contributed by atoms with Crippen molar-refractivity contribution in [3.63, 3.8) is 0 Å². The van der Waals surface area contributed by atoms with Gasteiger partial charge in [-0.3, -0.25) is 0 Å². The molecule has 0 aromatic heterocycles. The summed E-state index contributed by atoms with van der Waals surface area (Å²) < 4.78 is 5.57. The first-order valence-electron chi connectivity index (χ1n) is 4.68. The maximum Gasteiger partial charge on any atom is 0.119 e. The molecule has 0 saturated carbocycles. The van der Waals surface area contributed by atoms with Crippen LogP contribution < -0.4 is 4.74 Å². The van der Waals surface area contributed by atoms with Crippen molar-refractivity contribution in [1.29, 1.82) is 0 Å². The third-order valence-corrected chi connectivity index (χ3v) is 2.41. The summed E-state index contributed by atoms with van der Waals surface area (Å²) in [5, 5.41) is 0.736. The average molecular weight is 218 g/mol. The lowest BCUT2D eigenvalue weighted by Crippen LogP contribution is -1.95. The normalized spacial score (nSPS) is 9.93. The van der Waals surface area contributed by atoms with E-state index in [1.165, 1.54) is 0 Å². The molecule has 0 aliphatic rings. The number of rotatable bonds is 3. The largest absolute Gasteiger partial charge is 0.489 e. The predicted molar refractivity (Wildman–Crippen MR) is 61.1 cm³/mol. The molecule has 0 bridgehead atoms. The number of hydrogen-bond donors (Lipinski definition) is 0. The van der Waals surface area contributed by atoms with Gasteiger partial charge in [0.2, 0.25) is 0 Å². The third kappa shape index (κ3) is 2.74. The van der Waals surface area contributed by atoms with Crippen molar-refractivity contribution in [2.45, 2.75) is 6.61 Å². The molecule has 0 aliphatic heterocycles. The molecule has 2 heteroatoms. The lowest BCUT2D eigenvalue weighted by molar-refractivity contribution is 0.306. The highest BCUT2D eigenvalue weighted by atomic mass is 35.5. The number of ether oxygens (including phenoxy) is 1. The second-order valence-corrected chi connectivity index (χ2v) is 3.52. The van der Waals surface area contributed by atoms with E-state index in [0.717, 1.165) is 16.3 Å². The Hall–Kier alpha value is -1.47. The summed E-state index contributed by atoms with van der Waals surface area (Å²) in [7, 11) is 0. The summed E-state index contributed by atoms with van der Waals surface area (Å²) >= 11 is 6.00. The molecule has 0 heterocycles. The molecular weight excluding hydrogens is 208 g/mol. The predicted octanol–water partition coefficient (Wildman–Crippen LogP) is 3.72. The van der Waals surface area contributed by atoms with Gasteiger partial charge in [0, 0.05) is 10.6 Å². The van der Waals surface area contributed by atoms with Gasteiger partial charge in [-0.2, -0.15) is 0 Å². The first-order chi connectivity index (χ1) is 7.36. The van der Waals surface area contributed by atoms with Gasteiger partial charge in [0.05, 0.1) is 0 Å². The van der Waals surface area contributed by atoms with Crippen molar-refractivity contribution in [3.05, 3.63) is 65.2 Å². The minimum absolute atomic E-state index is 0.490. The van der Waals surface area contributed by atoms with Crippen LogP contribution in [0.25, 0.3) is 0 Å². The van der Waals surface area contributed by atoms with Gasteiger partial charge in [-0.25, -0.2) is 0 Å². The molecule has 0 saturated heterocycles. The zero-order valence-electron chi connectivity index (χ0n) is 8.11. The van der Waals surface area contributed by atoms with E-state index in [9.17, 15) is 0 Å². The molecule has 0 spiro atoms. The molecule has 1 radical (unpaired) electrons. The molecule has 0 amide bonds. The second-order valence-electron chi connectivity index (χ2n) is 3.12. The summed E-state index contributed by atoms with van der Waals surface area (Å²) in [6.07, 6.45) is 0. The Morgan fingerprint density at radius 2 is 1.80 bits per heavy atom. The maximum absolute atomic E-state index is 6.00. The van der Waals surface area contributed by atoms with Gasteiger partial charge < -0.3 is 4.74 Å². The summed E-state index contributed by atoms with van der Waals surface area (Å²) in [4.78, 5) is 0. The van der Waals surface area contributed by atoms with E-state index < -0.39 is 0 Å². The van der Waals surface area contributed by atoms with Gasteiger partial charge in [-0.1, -0.05) is 41.9 Å². The van der Waals surface area contributed by atoms with Crippen molar-refractivity contribution in [1.82, 2.24) is 0 Å². The van der Waals surface area contributed by atoms with E-state index >= 15 is 0 Å². The van der Waals surface area contributed by atoms with Crippen molar-refractivity contribution >= 4 is 11.6 Å². The molecule has 0 aliphatic carbocycles. The van der Waals surface area contributed by atoms with Crippen LogP contribution in [0, 0.1) is 6.07 Å². The van der Waals surface area contributed by atoms with Crippen LogP contribution in [0.1, 0.15) is 5.56 Å². The lowest BCUT2D eigenvalue weighted by Gasteiger charge is -2.06. The second kappa shape index (κ2) is 4.85. The highest BCUT2D eigenvalue weighted by Crippen LogP contribution is 2.17. The molecule has 2 aromatic rings. The Labute approximate surface area is 94.3 Å². The van der Waals surface area contributed by atoms with Crippen molar-refractivity contribution in [3.8, 4) is 5.75 Å². The van der Waals surface area contributed by atoms with Gasteiger partial charge in [-0.05, 0) is 24.3 Å². The maximum atomic E-state index is 6.00. The molecule has 2 aromatic carbocycles. The molecule has 2 rings (SSSR count). The number of hydrogen-bond acceptors (Lipinski definition) is 1. The van der Waals surface area contributed by atoms with Gasteiger partial charge in [0.15, 0.2) is 0 Å². The fourth-order valence-electron chi connectivity index (χ4n) is 1.24. The van der Waals surface area contributed by atoms with E-state index in [-0.39, 0.29) is 0 Å². The highest BCUT2D eigenvalue weighted by Gasteiger charge is 1.99. The SMILES string of the molecule is Clc1ccccc1COc1cc[c]cc1. The Morgan fingerprint density at radius 3 is 2.53 bits per heavy atom. The van der Waals surface area contributed by atoms with E-state index in [1.54, 1.807) is 0 Å². The zero-order valence-corrected chi connectivity index (χ0v) is 8.87. The molecule has 0 fully saturated rings. The zero-order chi connectivity index (χ0) is 10.5. The fraction of sp³-hybridized carbons (Fsp3) is 0.0769. The first kappa shape index (κ1) is 10.1. The van der Waals surface area contributed by atoms with Crippen LogP contribution >= 0.6 is 11.6 Å². The highest BCUT2D eigenvalue weighted by molar-refractivity contribution is 6.31. The van der Waals surface area contributed by atoms with Crippen LogP contribution in [-0.2, 0) is 6.61 Å². The summed E-state index contributed by atoms with van der Waals surface area (Å²) in [5.74, 6) is 0.827. The first-order valence-corrected chi connectivity index (χ1v) is 5.06. The molecule has 0 unspecified atom stereocenters. The molecular formula is C13H10ClO. The smallest absolute Gasteiger partial charge is 0.119 e. The number of halogens is 1.